The van der Waals surface area contributed by atoms with Gasteiger partial charge in [-0.3, -0.25) is 10.3 Å². The Labute approximate surface area is 176 Å². The number of pyridine rings is 1. The van der Waals surface area contributed by atoms with Crippen molar-refractivity contribution < 1.29 is 10.0 Å². The number of guanidine groups is 1. The van der Waals surface area contributed by atoms with Crippen molar-refractivity contribution in [3.63, 3.8) is 0 Å². The van der Waals surface area contributed by atoms with E-state index in [9.17, 15) is 10.0 Å². The maximum atomic E-state index is 11.8. The molecular weight excluding hydrogens is 380 g/mol. The molecule has 1 saturated carbocycles. The lowest BCUT2D eigenvalue weighted by Gasteiger charge is -2.18. The van der Waals surface area contributed by atoms with Gasteiger partial charge in [0.1, 0.15) is 0 Å². The lowest BCUT2D eigenvalue weighted by Crippen LogP contribution is -2.43. The molecule has 1 aromatic carbocycles. The van der Waals surface area contributed by atoms with E-state index in [1.54, 1.807) is 12.4 Å². The molecule has 0 atom stereocenters. The number of aromatic nitrogens is 1. The van der Waals surface area contributed by atoms with Crippen LogP contribution in [-0.2, 0) is 0 Å². The van der Waals surface area contributed by atoms with Crippen LogP contribution in [0, 0.1) is 12.8 Å². The van der Waals surface area contributed by atoms with Crippen molar-refractivity contribution in [2.75, 3.05) is 6.54 Å². The molecule has 8 nitrogen and oxygen atoms in total. The molecule has 8 heteroatoms. The predicted molar refractivity (Wildman–Crippen MR) is 118 cm³/mol. The summed E-state index contributed by atoms with van der Waals surface area (Å²) < 4.78 is 0. The Hall–Kier alpha value is -3.42. The minimum Gasteiger partial charge on any atom is -0.411 e. The molecule has 3 rings (SSSR count). The number of benzene rings is 1. The van der Waals surface area contributed by atoms with Gasteiger partial charge < -0.3 is 16.3 Å². The minimum absolute atomic E-state index is 0.0249. The van der Waals surface area contributed by atoms with Crippen molar-refractivity contribution >= 4 is 23.4 Å². The molecule has 1 aliphatic carbocycles. The Morgan fingerprint density at radius 2 is 2.07 bits per heavy atom. The highest BCUT2D eigenvalue weighted by molar-refractivity contribution is 6.08. The summed E-state index contributed by atoms with van der Waals surface area (Å²) in [7, 11) is 0. The van der Waals surface area contributed by atoms with E-state index in [0.717, 1.165) is 42.4 Å². The smallest absolute Gasteiger partial charge is 0.321 e. The molecule has 0 aliphatic heterocycles. The Bertz CT molecular complexity index is 950. The van der Waals surface area contributed by atoms with Crippen LogP contribution in [0.4, 0.5) is 10.5 Å². The quantitative estimate of drug-likeness (QED) is 0.260. The van der Waals surface area contributed by atoms with Crippen LogP contribution in [0.1, 0.15) is 43.7 Å². The molecule has 2 aromatic rings. The summed E-state index contributed by atoms with van der Waals surface area (Å²) in [4.78, 5) is 20.5. The summed E-state index contributed by atoms with van der Waals surface area (Å²) in [6.07, 6.45) is 7.65. The predicted octanol–water partition coefficient (Wildman–Crippen LogP) is 3.69. The zero-order valence-corrected chi connectivity index (χ0v) is 17.4. The zero-order valence-electron chi connectivity index (χ0n) is 17.4. The van der Waals surface area contributed by atoms with Gasteiger partial charge in [-0.1, -0.05) is 24.1 Å². The van der Waals surface area contributed by atoms with Crippen molar-refractivity contribution in [3.05, 3.63) is 47.8 Å². The molecule has 2 amide bonds. The fourth-order valence-corrected chi connectivity index (χ4v) is 3.85. The second-order valence-corrected chi connectivity index (χ2v) is 7.38. The number of nitrogens with one attached hydrogen (secondary N) is 2. The van der Waals surface area contributed by atoms with Gasteiger partial charge in [0, 0.05) is 36.0 Å². The molecule has 0 unspecified atom stereocenters. The largest absolute Gasteiger partial charge is 0.411 e. The highest BCUT2D eigenvalue weighted by atomic mass is 16.4. The highest BCUT2D eigenvalue weighted by Gasteiger charge is 2.26. The summed E-state index contributed by atoms with van der Waals surface area (Å²) >= 11 is 0. The Morgan fingerprint density at radius 3 is 2.70 bits per heavy atom. The van der Waals surface area contributed by atoms with E-state index in [0.29, 0.717) is 23.5 Å². The summed E-state index contributed by atoms with van der Waals surface area (Å²) in [5, 5.41) is 18.7. The van der Waals surface area contributed by atoms with Crippen molar-refractivity contribution in [3.8, 4) is 11.1 Å². The van der Waals surface area contributed by atoms with E-state index in [1.807, 2.05) is 38.1 Å². The molecule has 30 heavy (non-hydrogen) atoms. The minimum atomic E-state index is -0.420. The average molecular weight is 409 g/mol. The van der Waals surface area contributed by atoms with Crippen molar-refractivity contribution in [1.29, 1.82) is 0 Å². The monoisotopic (exact) mass is 408 g/mol. The highest BCUT2D eigenvalue weighted by Crippen LogP contribution is 2.36. The summed E-state index contributed by atoms with van der Waals surface area (Å²) in [6.45, 7) is 4.22. The van der Waals surface area contributed by atoms with Crippen LogP contribution in [0.25, 0.3) is 11.1 Å². The molecule has 1 heterocycles. The Balaban J connectivity index is 2.09. The van der Waals surface area contributed by atoms with E-state index >= 15 is 0 Å². The van der Waals surface area contributed by atoms with E-state index < -0.39 is 6.03 Å². The molecular formula is C22H28N6O2. The number of rotatable bonds is 5. The second kappa shape index (κ2) is 9.87. The van der Waals surface area contributed by atoms with Gasteiger partial charge in [0.2, 0.25) is 5.96 Å². The number of nitrogens with zero attached hydrogens (tertiary/aromatic N) is 3. The molecule has 0 spiro atoms. The van der Waals surface area contributed by atoms with Crippen LogP contribution in [0.3, 0.4) is 0 Å². The number of hydrogen-bond acceptors (Lipinski definition) is 5. The number of amides is 2. The summed E-state index contributed by atoms with van der Waals surface area (Å²) in [6, 6.07) is 7.38. The molecule has 158 valence electrons. The Kier molecular flexibility index (Phi) is 7.00. The fourth-order valence-electron chi connectivity index (χ4n) is 3.85. The summed E-state index contributed by atoms with van der Waals surface area (Å²) in [5.74, 6) is 0.133. The Morgan fingerprint density at radius 1 is 1.30 bits per heavy atom. The van der Waals surface area contributed by atoms with Gasteiger partial charge in [-0.25, -0.2) is 9.79 Å². The number of carbonyl (C=O) groups excluding carboxylic acids is 1. The van der Waals surface area contributed by atoms with E-state index in [-0.39, 0.29) is 11.9 Å². The van der Waals surface area contributed by atoms with Gasteiger partial charge in [0.25, 0.3) is 0 Å². The van der Waals surface area contributed by atoms with Crippen molar-refractivity contribution in [2.45, 2.75) is 39.5 Å². The maximum absolute atomic E-state index is 11.8. The molecule has 1 aromatic heterocycles. The molecule has 0 radical (unpaired) electrons. The lowest BCUT2D eigenvalue weighted by atomic mass is 9.90. The molecule has 1 aliphatic rings. The fraction of sp³-hybridized carbons (Fsp3) is 0.364. The first-order chi connectivity index (χ1) is 14.5. The van der Waals surface area contributed by atoms with Crippen LogP contribution in [0.5, 0.6) is 0 Å². The first-order valence-corrected chi connectivity index (χ1v) is 10.2. The van der Waals surface area contributed by atoms with Gasteiger partial charge in [-0.05, 0) is 56.0 Å². The van der Waals surface area contributed by atoms with Gasteiger partial charge >= 0.3 is 6.03 Å². The number of urea groups is 1. The zero-order chi connectivity index (χ0) is 21.5. The van der Waals surface area contributed by atoms with Crippen LogP contribution in [0.2, 0.25) is 0 Å². The van der Waals surface area contributed by atoms with Crippen LogP contribution in [-0.4, -0.2) is 34.4 Å². The second-order valence-electron chi connectivity index (χ2n) is 7.38. The number of oxime groups is 1. The number of aliphatic imine (C=N–C) groups is 1. The first kappa shape index (κ1) is 21.3. The third-order valence-electron chi connectivity index (χ3n) is 5.23. The molecule has 1 fully saturated rings. The number of hydrogen-bond donors (Lipinski definition) is 4. The van der Waals surface area contributed by atoms with Crippen LogP contribution in [0.15, 0.2) is 46.8 Å². The lowest BCUT2D eigenvalue weighted by molar-refractivity contribution is 0.245. The normalized spacial score (nSPS) is 15.3. The molecule has 0 saturated heterocycles. The van der Waals surface area contributed by atoms with Gasteiger partial charge in [-0.2, -0.15) is 0 Å². The molecule has 0 bridgehead atoms. The van der Waals surface area contributed by atoms with E-state index in [4.69, 9.17) is 5.73 Å². The molecule has 5 N–H and O–H groups in total. The SMILES string of the molecule is CCNC(=O)NC(N)=Nc1c(C)cc(-c2cccnc2)cc1/C(=N/O)C1CCCC1. The van der Waals surface area contributed by atoms with Crippen molar-refractivity contribution in [1.82, 2.24) is 15.6 Å². The van der Waals surface area contributed by atoms with Gasteiger partial charge in [-0.15, -0.1) is 0 Å². The van der Waals surface area contributed by atoms with Gasteiger partial charge in [0.05, 0.1) is 11.4 Å². The van der Waals surface area contributed by atoms with Crippen LogP contribution < -0.4 is 16.4 Å². The maximum Gasteiger partial charge on any atom is 0.321 e. The standard InChI is InChI=1S/C22H28N6O2/c1-3-25-22(29)27-21(23)26-19-14(2)11-17(16-9-6-10-24-13-16)12-18(19)20(28-30)15-7-4-5-8-15/h6,9-13,15,30H,3-5,7-8H2,1-2H3,(H4,23,25,26,27,29)/b28-20+. The number of nitrogens with two attached hydrogens (primary N) is 1. The van der Waals surface area contributed by atoms with Crippen molar-refractivity contribution in [2.24, 2.45) is 21.8 Å². The van der Waals surface area contributed by atoms with E-state index in [2.05, 4.69) is 25.8 Å². The summed E-state index contributed by atoms with van der Waals surface area (Å²) in [5.41, 5.74) is 10.6. The van der Waals surface area contributed by atoms with Crippen LogP contribution >= 0.6 is 0 Å². The topological polar surface area (TPSA) is 125 Å². The number of carbonyl (C=O) groups is 1. The van der Waals surface area contributed by atoms with Gasteiger partial charge in [0.15, 0.2) is 0 Å². The number of aryl methyl sites for hydroxylation is 1. The average Bonchev–Trinajstić information content (AvgIpc) is 3.26. The third-order valence-corrected chi connectivity index (χ3v) is 5.23. The first-order valence-electron chi connectivity index (χ1n) is 10.2. The third kappa shape index (κ3) is 4.94. The van der Waals surface area contributed by atoms with E-state index in [1.165, 1.54) is 0 Å².